The fraction of sp³-hybridized carbons (Fsp3) is 0.345. The molecule has 1 unspecified atom stereocenters. The van der Waals surface area contributed by atoms with Crippen LogP contribution in [0.2, 0.25) is 0 Å². The molecule has 0 radical (unpaired) electrons. The molecular weight excluding hydrogens is 454 g/mol. The molecule has 1 heterocycles. The van der Waals surface area contributed by atoms with Crippen molar-refractivity contribution in [2.75, 3.05) is 5.32 Å². The summed E-state index contributed by atoms with van der Waals surface area (Å²) in [5.41, 5.74) is 5.64. The number of benzene rings is 2. The van der Waals surface area contributed by atoms with Gasteiger partial charge in [-0.05, 0) is 76.3 Å². The Kier molecular flexibility index (Phi) is 8.15. The molecule has 0 saturated carbocycles. The lowest BCUT2D eigenvalue weighted by molar-refractivity contribution is -0.160. The highest BCUT2D eigenvalue weighted by atomic mass is 16.5. The van der Waals surface area contributed by atoms with Gasteiger partial charge in [-0.25, -0.2) is 14.6 Å². The number of hydrogen-bond donors (Lipinski definition) is 3. The van der Waals surface area contributed by atoms with Crippen molar-refractivity contribution in [1.29, 1.82) is 0 Å². The molecule has 1 aromatic heterocycles. The molecule has 36 heavy (non-hydrogen) atoms. The highest BCUT2D eigenvalue weighted by molar-refractivity contribution is 5.91. The van der Waals surface area contributed by atoms with Crippen molar-refractivity contribution < 1.29 is 19.4 Å². The number of carboxylic acid groups (broad SMARTS) is 1. The molecule has 0 aliphatic rings. The third-order valence-corrected chi connectivity index (χ3v) is 5.95. The smallest absolute Gasteiger partial charge is 0.337 e. The molecule has 2 aromatic carbocycles. The second-order valence-electron chi connectivity index (χ2n) is 10.0. The largest absolute Gasteiger partial charge is 0.479 e. The number of aliphatic carboxylic acids is 1. The number of aromatic nitrogens is 1. The van der Waals surface area contributed by atoms with Gasteiger partial charge in [-0.2, -0.15) is 0 Å². The Balaban J connectivity index is 2.09. The topological polar surface area (TPSA) is 101 Å². The summed E-state index contributed by atoms with van der Waals surface area (Å²) in [6.45, 7) is 13.4. The molecule has 190 valence electrons. The van der Waals surface area contributed by atoms with E-state index < -0.39 is 23.7 Å². The summed E-state index contributed by atoms with van der Waals surface area (Å²) in [5, 5.41) is 15.8. The maximum atomic E-state index is 12.7. The third-order valence-electron chi connectivity index (χ3n) is 5.95. The van der Waals surface area contributed by atoms with Gasteiger partial charge in [-0.15, -0.1) is 0 Å². The number of aryl methyl sites for hydroxylation is 3. The van der Waals surface area contributed by atoms with Crippen LogP contribution in [0.5, 0.6) is 0 Å². The normalized spacial score (nSPS) is 12.2. The highest BCUT2D eigenvalue weighted by Gasteiger charge is 2.33. The van der Waals surface area contributed by atoms with E-state index in [1.165, 1.54) is 0 Å². The highest BCUT2D eigenvalue weighted by Crippen LogP contribution is 2.39. The van der Waals surface area contributed by atoms with E-state index in [0.717, 1.165) is 22.3 Å². The van der Waals surface area contributed by atoms with Crippen molar-refractivity contribution in [3.63, 3.8) is 0 Å². The second-order valence-corrected chi connectivity index (χ2v) is 10.0. The van der Waals surface area contributed by atoms with Gasteiger partial charge in [-0.1, -0.05) is 48.5 Å². The number of pyridine rings is 1. The lowest BCUT2D eigenvalue weighted by atomic mass is 9.89. The first kappa shape index (κ1) is 26.9. The van der Waals surface area contributed by atoms with Gasteiger partial charge >= 0.3 is 12.0 Å². The van der Waals surface area contributed by atoms with Crippen LogP contribution in [0.1, 0.15) is 60.4 Å². The zero-order valence-corrected chi connectivity index (χ0v) is 22.0. The monoisotopic (exact) mass is 489 g/mol. The van der Waals surface area contributed by atoms with Crippen LogP contribution in [0.15, 0.2) is 48.5 Å². The number of hydrogen-bond acceptors (Lipinski definition) is 4. The maximum absolute atomic E-state index is 12.7. The molecule has 1 atom stereocenters. The fourth-order valence-electron chi connectivity index (χ4n) is 4.04. The van der Waals surface area contributed by atoms with E-state index >= 15 is 0 Å². The molecule has 2 amide bonds. The van der Waals surface area contributed by atoms with E-state index in [2.05, 4.69) is 15.6 Å². The number of carbonyl (C=O) groups is 2. The number of urea groups is 1. The summed E-state index contributed by atoms with van der Waals surface area (Å²) in [4.78, 5) is 29.9. The van der Waals surface area contributed by atoms with Crippen molar-refractivity contribution in [2.45, 2.75) is 66.7 Å². The van der Waals surface area contributed by atoms with E-state index in [9.17, 15) is 14.7 Å². The first-order valence-electron chi connectivity index (χ1n) is 12.0. The number of anilines is 1. The van der Waals surface area contributed by atoms with Gasteiger partial charge in [0.25, 0.3) is 0 Å². The van der Waals surface area contributed by atoms with Gasteiger partial charge in [0, 0.05) is 23.4 Å². The number of nitrogens with one attached hydrogen (secondary N) is 2. The Morgan fingerprint density at radius 3 is 2.25 bits per heavy atom. The molecule has 7 heteroatoms. The summed E-state index contributed by atoms with van der Waals surface area (Å²) in [5.74, 6) is -0.812. The summed E-state index contributed by atoms with van der Waals surface area (Å²) >= 11 is 0. The summed E-state index contributed by atoms with van der Waals surface area (Å²) in [6, 6.07) is 15.1. The SMILES string of the molecule is Cc1ccc(-c2c(C)nc(NC(=O)NCc3ccccc3)c(C)c2C(OC(C)(C)C)C(=O)O)cc1C. The molecule has 0 saturated heterocycles. The Bertz CT molecular complexity index is 1260. The Morgan fingerprint density at radius 2 is 1.67 bits per heavy atom. The Labute approximate surface area is 212 Å². The summed E-state index contributed by atoms with van der Waals surface area (Å²) in [7, 11) is 0. The second kappa shape index (κ2) is 10.9. The van der Waals surface area contributed by atoms with Gasteiger partial charge in [0.05, 0.1) is 5.60 Å². The zero-order valence-electron chi connectivity index (χ0n) is 22.0. The van der Waals surface area contributed by atoms with Crippen molar-refractivity contribution >= 4 is 17.8 Å². The number of rotatable bonds is 7. The van der Waals surface area contributed by atoms with E-state index in [1.54, 1.807) is 6.92 Å². The maximum Gasteiger partial charge on any atom is 0.337 e. The average Bonchev–Trinajstić information content (AvgIpc) is 2.80. The van der Waals surface area contributed by atoms with Gasteiger partial charge in [-0.3, -0.25) is 5.32 Å². The van der Waals surface area contributed by atoms with E-state index in [0.29, 0.717) is 34.7 Å². The first-order valence-corrected chi connectivity index (χ1v) is 12.0. The molecule has 0 fully saturated rings. The van der Waals surface area contributed by atoms with Gasteiger partial charge in [0.2, 0.25) is 0 Å². The molecule has 7 nitrogen and oxygen atoms in total. The third kappa shape index (κ3) is 6.49. The number of ether oxygens (including phenoxy) is 1. The van der Waals surface area contributed by atoms with Crippen molar-refractivity contribution in [3.05, 3.63) is 82.0 Å². The Morgan fingerprint density at radius 1 is 1.00 bits per heavy atom. The van der Waals surface area contributed by atoms with Crippen molar-refractivity contribution in [3.8, 4) is 11.1 Å². The minimum absolute atomic E-state index is 0.296. The van der Waals surface area contributed by atoms with Gasteiger partial charge in [0.15, 0.2) is 6.10 Å². The molecule has 0 aliphatic heterocycles. The van der Waals surface area contributed by atoms with Crippen LogP contribution in [0.3, 0.4) is 0 Å². The fourth-order valence-corrected chi connectivity index (χ4v) is 4.04. The lowest BCUT2D eigenvalue weighted by Gasteiger charge is -2.29. The Hall–Kier alpha value is -3.71. The molecule has 0 aliphatic carbocycles. The molecule has 3 N–H and O–H groups in total. The number of carbonyl (C=O) groups excluding carboxylic acids is 1. The summed E-state index contributed by atoms with van der Waals surface area (Å²) in [6.07, 6.45) is -1.25. The van der Waals surface area contributed by atoms with Crippen LogP contribution in [0, 0.1) is 27.7 Å². The van der Waals surface area contributed by atoms with Crippen LogP contribution >= 0.6 is 0 Å². The molecule has 0 bridgehead atoms. The van der Waals surface area contributed by atoms with Crippen LogP contribution in [-0.2, 0) is 16.1 Å². The standard InChI is InChI=1S/C29H35N3O4/c1-17-13-14-22(15-18(17)2)24-20(4)31-26(32-28(35)30-16-21-11-9-8-10-12-21)19(3)23(24)25(27(33)34)36-29(5,6)7/h8-15,25H,16H2,1-7H3,(H,33,34)(H2,30,31,32,35). The van der Waals surface area contributed by atoms with E-state index in [1.807, 2.05) is 90.1 Å². The molecular formula is C29H35N3O4. The minimum Gasteiger partial charge on any atom is -0.479 e. The van der Waals surface area contributed by atoms with Crippen molar-refractivity contribution in [2.24, 2.45) is 0 Å². The number of carboxylic acids is 1. The average molecular weight is 490 g/mol. The van der Waals surface area contributed by atoms with Crippen LogP contribution in [0.25, 0.3) is 11.1 Å². The minimum atomic E-state index is -1.25. The van der Waals surface area contributed by atoms with Crippen LogP contribution in [-0.4, -0.2) is 27.7 Å². The summed E-state index contributed by atoms with van der Waals surface area (Å²) < 4.78 is 6.05. The quantitative estimate of drug-likeness (QED) is 0.364. The van der Waals surface area contributed by atoms with E-state index in [4.69, 9.17) is 4.74 Å². The van der Waals surface area contributed by atoms with Gasteiger partial charge in [0.1, 0.15) is 5.82 Å². The number of nitrogens with zero attached hydrogens (tertiary/aromatic N) is 1. The lowest BCUT2D eigenvalue weighted by Crippen LogP contribution is -2.31. The predicted molar refractivity (Wildman–Crippen MR) is 142 cm³/mol. The van der Waals surface area contributed by atoms with Crippen molar-refractivity contribution in [1.82, 2.24) is 10.3 Å². The van der Waals surface area contributed by atoms with Gasteiger partial charge < -0.3 is 15.2 Å². The molecule has 0 spiro atoms. The molecule has 3 rings (SSSR count). The predicted octanol–water partition coefficient (Wildman–Crippen LogP) is 6.24. The van der Waals surface area contributed by atoms with Crippen LogP contribution < -0.4 is 10.6 Å². The van der Waals surface area contributed by atoms with Crippen LogP contribution in [0.4, 0.5) is 10.6 Å². The zero-order chi connectivity index (χ0) is 26.6. The molecule has 3 aromatic rings. The first-order chi connectivity index (χ1) is 16.9. The van der Waals surface area contributed by atoms with E-state index in [-0.39, 0.29) is 0 Å². The number of amides is 2.